The molecule has 0 aromatic carbocycles. The van der Waals surface area contributed by atoms with Crippen LogP contribution in [0.2, 0.25) is 0 Å². The van der Waals surface area contributed by atoms with E-state index in [1.165, 1.54) is 4.88 Å². The van der Waals surface area contributed by atoms with Gasteiger partial charge < -0.3 is 15.4 Å². The SMILES string of the molecule is CN=C(NCc1nc(C)c(C)s1)NCC1(SC)CCOCC1.I. The van der Waals surface area contributed by atoms with Crippen LogP contribution >= 0.6 is 47.1 Å². The summed E-state index contributed by atoms with van der Waals surface area (Å²) in [5.74, 6) is 0.838. The Balaban J connectivity index is 0.00000264. The van der Waals surface area contributed by atoms with E-state index in [0.29, 0.717) is 6.54 Å². The van der Waals surface area contributed by atoms with Gasteiger partial charge in [-0.05, 0) is 32.9 Å². The summed E-state index contributed by atoms with van der Waals surface area (Å²) in [6.45, 7) is 7.49. The fourth-order valence-corrected chi connectivity index (χ4v) is 4.10. The van der Waals surface area contributed by atoms with Crippen LogP contribution in [0.4, 0.5) is 0 Å². The standard InChI is InChI=1S/C15H26N4OS2.HI/c1-11-12(2)22-13(19-11)9-17-14(16-3)18-10-15(21-4)5-7-20-8-6-15;/h5-10H2,1-4H3,(H2,16,17,18);1H. The molecule has 0 amide bonds. The van der Waals surface area contributed by atoms with Crippen LogP contribution in [0.5, 0.6) is 0 Å². The Hall–Kier alpha value is -0.0600. The Morgan fingerprint density at radius 1 is 1.35 bits per heavy atom. The molecule has 0 radical (unpaired) electrons. The van der Waals surface area contributed by atoms with Crippen LogP contribution in [-0.4, -0.2) is 48.8 Å². The number of aliphatic imine (C=N–C) groups is 1. The van der Waals surface area contributed by atoms with E-state index in [9.17, 15) is 0 Å². The molecule has 2 rings (SSSR count). The average molecular weight is 470 g/mol. The summed E-state index contributed by atoms with van der Waals surface area (Å²) < 4.78 is 5.74. The highest BCUT2D eigenvalue weighted by Gasteiger charge is 2.31. The first-order chi connectivity index (χ1) is 10.6. The fraction of sp³-hybridized carbons (Fsp3) is 0.733. The number of aromatic nitrogens is 1. The molecule has 5 nitrogen and oxygen atoms in total. The number of nitrogens with one attached hydrogen (secondary N) is 2. The van der Waals surface area contributed by atoms with Gasteiger partial charge in [-0.3, -0.25) is 4.99 Å². The molecule has 8 heteroatoms. The number of guanidine groups is 1. The molecule has 0 bridgehead atoms. The zero-order valence-electron chi connectivity index (χ0n) is 14.3. The van der Waals surface area contributed by atoms with Crippen molar-refractivity contribution in [3.63, 3.8) is 0 Å². The predicted octanol–water partition coefficient (Wildman–Crippen LogP) is 2.96. The van der Waals surface area contributed by atoms with Gasteiger partial charge in [0.15, 0.2) is 5.96 Å². The third-order valence-electron chi connectivity index (χ3n) is 4.12. The van der Waals surface area contributed by atoms with E-state index in [2.05, 4.69) is 40.7 Å². The van der Waals surface area contributed by atoms with E-state index in [-0.39, 0.29) is 28.7 Å². The summed E-state index contributed by atoms with van der Waals surface area (Å²) in [4.78, 5) is 10.1. The lowest BCUT2D eigenvalue weighted by atomic mass is 9.99. The molecule has 0 atom stereocenters. The van der Waals surface area contributed by atoms with Crippen LogP contribution in [0, 0.1) is 13.8 Å². The van der Waals surface area contributed by atoms with Gasteiger partial charge in [0.1, 0.15) is 5.01 Å². The molecule has 1 aliphatic heterocycles. The van der Waals surface area contributed by atoms with Gasteiger partial charge in [0, 0.05) is 36.4 Å². The van der Waals surface area contributed by atoms with Crippen LogP contribution in [0.25, 0.3) is 0 Å². The van der Waals surface area contributed by atoms with Crippen LogP contribution in [0.1, 0.15) is 28.4 Å². The number of hydrogen-bond acceptors (Lipinski definition) is 5. The van der Waals surface area contributed by atoms with Crippen LogP contribution in [0.3, 0.4) is 0 Å². The molecule has 0 aliphatic carbocycles. The predicted molar refractivity (Wildman–Crippen MR) is 112 cm³/mol. The van der Waals surface area contributed by atoms with Crippen molar-refractivity contribution in [2.24, 2.45) is 4.99 Å². The Bertz CT molecular complexity index is 496. The number of hydrogen-bond donors (Lipinski definition) is 2. The number of nitrogens with zero attached hydrogens (tertiary/aromatic N) is 2. The van der Waals surface area contributed by atoms with Crippen molar-refractivity contribution in [2.75, 3.05) is 33.1 Å². The van der Waals surface area contributed by atoms with Crippen molar-refractivity contribution < 1.29 is 4.74 Å². The topological polar surface area (TPSA) is 58.5 Å². The molecule has 0 saturated carbocycles. The first kappa shape index (κ1) is 21.0. The van der Waals surface area contributed by atoms with Crippen molar-refractivity contribution in [2.45, 2.75) is 38.0 Å². The monoisotopic (exact) mass is 470 g/mol. The van der Waals surface area contributed by atoms with Gasteiger partial charge in [0.2, 0.25) is 0 Å². The van der Waals surface area contributed by atoms with Gasteiger partial charge in [-0.2, -0.15) is 11.8 Å². The van der Waals surface area contributed by atoms with Gasteiger partial charge in [-0.25, -0.2) is 4.98 Å². The number of ether oxygens (including phenoxy) is 1. The summed E-state index contributed by atoms with van der Waals surface area (Å²) >= 11 is 3.67. The van der Waals surface area contributed by atoms with Gasteiger partial charge in [-0.15, -0.1) is 35.3 Å². The molecule has 2 N–H and O–H groups in total. The van der Waals surface area contributed by atoms with Gasteiger partial charge in [-0.1, -0.05) is 0 Å². The van der Waals surface area contributed by atoms with E-state index in [1.807, 2.05) is 18.8 Å². The Kier molecular flexibility index (Phi) is 9.17. The second-order valence-electron chi connectivity index (χ2n) is 5.53. The molecule has 0 unspecified atom stereocenters. The van der Waals surface area contributed by atoms with E-state index in [0.717, 1.165) is 49.3 Å². The smallest absolute Gasteiger partial charge is 0.191 e. The maximum absolute atomic E-state index is 5.48. The Labute approximate surface area is 164 Å². The normalized spacial score (nSPS) is 17.5. The van der Waals surface area contributed by atoms with E-state index >= 15 is 0 Å². The van der Waals surface area contributed by atoms with Crippen molar-refractivity contribution >= 4 is 53.0 Å². The highest BCUT2D eigenvalue weighted by atomic mass is 127. The molecular formula is C15H27IN4OS2. The number of thioether (sulfide) groups is 1. The number of halogens is 1. The third kappa shape index (κ3) is 6.06. The van der Waals surface area contributed by atoms with Gasteiger partial charge >= 0.3 is 0 Å². The molecule has 23 heavy (non-hydrogen) atoms. The summed E-state index contributed by atoms with van der Waals surface area (Å²) in [5.41, 5.74) is 1.12. The minimum absolute atomic E-state index is 0. The Morgan fingerprint density at radius 3 is 2.57 bits per heavy atom. The number of aryl methyl sites for hydroxylation is 2. The molecular weight excluding hydrogens is 443 g/mol. The molecule has 1 aliphatic rings. The number of thiazole rings is 1. The quantitative estimate of drug-likeness (QED) is 0.394. The van der Waals surface area contributed by atoms with E-state index in [4.69, 9.17) is 4.74 Å². The largest absolute Gasteiger partial charge is 0.381 e. The molecule has 1 saturated heterocycles. The highest BCUT2D eigenvalue weighted by Crippen LogP contribution is 2.32. The van der Waals surface area contributed by atoms with Crippen molar-refractivity contribution in [1.82, 2.24) is 15.6 Å². The summed E-state index contributed by atoms with van der Waals surface area (Å²) in [5, 5.41) is 7.92. The summed E-state index contributed by atoms with van der Waals surface area (Å²) in [7, 11) is 1.81. The maximum Gasteiger partial charge on any atom is 0.191 e. The van der Waals surface area contributed by atoms with Crippen LogP contribution in [-0.2, 0) is 11.3 Å². The third-order valence-corrected chi connectivity index (χ3v) is 6.61. The zero-order valence-corrected chi connectivity index (χ0v) is 18.2. The van der Waals surface area contributed by atoms with Crippen LogP contribution < -0.4 is 10.6 Å². The summed E-state index contributed by atoms with van der Waals surface area (Å²) in [6, 6.07) is 0. The first-order valence-corrected chi connectivity index (χ1v) is 9.63. The van der Waals surface area contributed by atoms with Crippen molar-refractivity contribution in [3.8, 4) is 0 Å². The lowest BCUT2D eigenvalue weighted by molar-refractivity contribution is 0.0783. The molecule has 2 heterocycles. The first-order valence-electron chi connectivity index (χ1n) is 7.59. The van der Waals surface area contributed by atoms with Gasteiger partial charge in [0.25, 0.3) is 0 Å². The number of rotatable bonds is 5. The van der Waals surface area contributed by atoms with Gasteiger partial charge in [0.05, 0.1) is 12.2 Å². The van der Waals surface area contributed by atoms with Crippen LogP contribution in [0.15, 0.2) is 4.99 Å². The molecule has 1 aromatic heterocycles. The second-order valence-corrected chi connectivity index (χ2v) is 8.09. The maximum atomic E-state index is 5.48. The van der Waals surface area contributed by atoms with Crippen molar-refractivity contribution in [3.05, 3.63) is 15.6 Å². The van der Waals surface area contributed by atoms with E-state index in [1.54, 1.807) is 11.3 Å². The molecule has 1 aromatic rings. The highest BCUT2D eigenvalue weighted by molar-refractivity contribution is 14.0. The Morgan fingerprint density at radius 2 is 2.04 bits per heavy atom. The molecule has 0 spiro atoms. The molecule has 1 fully saturated rings. The molecule has 132 valence electrons. The minimum Gasteiger partial charge on any atom is -0.381 e. The lowest BCUT2D eigenvalue weighted by Crippen LogP contribution is -2.47. The van der Waals surface area contributed by atoms with Crippen molar-refractivity contribution in [1.29, 1.82) is 0 Å². The lowest BCUT2D eigenvalue weighted by Gasteiger charge is -2.36. The second kappa shape index (κ2) is 10.0. The summed E-state index contributed by atoms with van der Waals surface area (Å²) in [6.07, 6.45) is 4.36. The zero-order chi connectivity index (χ0) is 16.0. The minimum atomic E-state index is 0. The fourth-order valence-electron chi connectivity index (χ4n) is 2.44. The average Bonchev–Trinajstić information content (AvgIpc) is 2.87. The van der Waals surface area contributed by atoms with E-state index < -0.39 is 0 Å².